The lowest BCUT2D eigenvalue weighted by Gasteiger charge is -2.16. The summed E-state index contributed by atoms with van der Waals surface area (Å²) in [6.45, 7) is 3.81. The Bertz CT molecular complexity index is 708. The van der Waals surface area contributed by atoms with E-state index in [1.807, 2.05) is 13.8 Å². The van der Waals surface area contributed by atoms with Gasteiger partial charge in [-0.05, 0) is 25.0 Å². The van der Waals surface area contributed by atoms with Crippen LogP contribution in [-0.4, -0.2) is 28.5 Å². The van der Waals surface area contributed by atoms with Crippen LogP contribution in [0.1, 0.15) is 18.9 Å². The van der Waals surface area contributed by atoms with E-state index in [0.29, 0.717) is 32.4 Å². The topological polar surface area (TPSA) is 90.1 Å². The third-order valence-corrected chi connectivity index (χ3v) is 5.68. The van der Waals surface area contributed by atoms with Crippen molar-refractivity contribution in [1.29, 1.82) is 0 Å². The second-order valence-electron chi connectivity index (χ2n) is 4.71. The van der Waals surface area contributed by atoms with Crippen LogP contribution in [0.2, 0.25) is 5.02 Å². The number of benzene rings is 1. The summed E-state index contributed by atoms with van der Waals surface area (Å²) in [5, 5.41) is 11.3. The number of ether oxygens (including phenoxy) is 1. The van der Waals surface area contributed by atoms with Crippen molar-refractivity contribution in [2.75, 3.05) is 18.2 Å². The van der Waals surface area contributed by atoms with Gasteiger partial charge in [-0.25, -0.2) is 0 Å². The number of aryl methyl sites for hydroxylation is 1. The van der Waals surface area contributed by atoms with Crippen molar-refractivity contribution in [3.63, 3.8) is 0 Å². The molecule has 1 aromatic heterocycles. The van der Waals surface area contributed by atoms with Gasteiger partial charge in [-0.3, -0.25) is 4.79 Å². The van der Waals surface area contributed by atoms with Gasteiger partial charge < -0.3 is 15.8 Å². The minimum Gasteiger partial charge on any atom is -0.495 e. The van der Waals surface area contributed by atoms with Gasteiger partial charge in [0, 0.05) is 11.1 Å². The van der Waals surface area contributed by atoms with E-state index < -0.39 is 0 Å². The van der Waals surface area contributed by atoms with Crippen molar-refractivity contribution in [3.8, 4) is 5.75 Å². The van der Waals surface area contributed by atoms with Gasteiger partial charge in [0.1, 0.15) is 5.75 Å². The summed E-state index contributed by atoms with van der Waals surface area (Å²) in [5.74, 6) is 0.389. The zero-order chi connectivity index (χ0) is 17.0. The van der Waals surface area contributed by atoms with Crippen LogP contribution in [0.15, 0.2) is 16.5 Å². The quantitative estimate of drug-likeness (QED) is 0.753. The number of anilines is 2. The number of hydrogen-bond acceptors (Lipinski definition) is 7. The van der Waals surface area contributed by atoms with Crippen LogP contribution in [0, 0.1) is 6.92 Å². The summed E-state index contributed by atoms with van der Waals surface area (Å²) in [5.41, 5.74) is 7.02. The number of halogens is 1. The number of thioether (sulfide) groups is 1. The maximum Gasteiger partial charge on any atom is 0.238 e. The second-order valence-corrected chi connectivity index (χ2v) is 7.58. The first kappa shape index (κ1) is 17.8. The molecule has 0 bridgehead atoms. The van der Waals surface area contributed by atoms with Crippen molar-refractivity contribution in [1.82, 2.24) is 10.2 Å². The molecular formula is C14H17ClN4O2S2. The van der Waals surface area contributed by atoms with E-state index in [1.165, 1.54) is 30.2 Å². The molecule has 0 saturated heterocycles. The number of nitrogens with zero attached hydrogens (tertiary/aromatic N) is 2. The Morgan fingerprint density at radius 2 is 2.26 bits per heavy atom. The third-order valence-electron chi connectivity index (χ3n) is 3.07. The molecule has 0 aliphatic heterocycles. The van der Waals surface area contributed by atoms with Crippen molar-refractivity contribution >= 4 is 51.4 Å². The van der Waals surface area contributed by atoms with Gasteiger partial charge in [0.25, 0.3) is 0 Å². The molecule has 23 heavy (non-hydrogen) atoms. The van der Waals surface area contributed by atoms with Crippen LogP contribution in [-0.2, 0) is 4.79 Å². The molecule has 1 aromatic carbocycles. The Balaban J connectivity index is 2.14. The monoisotopic (exact) mass is 372 g/mol. The maximum atomic E-state index is 12.5. The number of rotatable bonds is 6. The standard InChI is InChI=1S/C14H17ClN4O2S2/c1-4-11(22-14-19-18-13(16)23-14)12(20)17-9-5-7(2)8(15)6-10(9)21-3/h5-6,11H,4H2,1-3H3,(H2,16,18)(H,17,20). The highest BCUT2D eigenvalue weighted by atomic mass is 35.5. The molecule has 1 heterocycles. The van der Waals surface area contributed by atoms with Crippen molar-refractivity contribution in [2.45, 2.75) is 29.9 Å². The summed E-state index contributed by atoms with van der Waals surface area (Å²) in [6, 6.07) is 3.48. The van der Waals surface area contributed by atoms with Crippen molar-refractivity contribution in [3.05, 3.63) is 22.7 Å². The molecule has 2 aromatic rings. The molecule has 124 valence electrons. The number of methoxy groups -OCH3 is 1. The lowest BCUT2D eigenvalue weighted by molar-refractivity contribution is -0.115. The molecule has 0 radical (unpaired) electrons. The molecule has 0 aliphatic carbocycles. The molecule has 0 fully saturated rings. The molecule has 6 nitrogen and oxygen atoms in total. The third kappa shape index (κ3) is 4.49. The van der Waals surface area contributed by atoms with Crippen molar-refractivity contribution in [2.24, 2.45) is 0 Å². The van der Waals surface area contributed by atoms with Gasteiger partial charge in [0.2, 0.25) is 11.0 Å². The molecule has 9 heteroatoms. The van der Waals surface area contributed by atoms with E-state index in [0.717, 1.165) is 5.56 Å². The molecule has 0 aliphatic rings. The first-order chi connectivity index (χ1) is 10.9. The molecule has 2 rings (SSSR count). The van der Waals surface area contributed by atoms with Crippen LogP contribution in [0.4, 0.5) is 10.8 Å². The Morgan fingerprint density at radius 1 is 1.52 bits per heavy atom. The minimum atomic E-state index is -0.303. The average Bonchev–Trinajstić information content (AvgIpc) is 2.93. The number of hydrogen-bond donors (Lipinski definition) is 2. The number of carbonyl (C=O) groups is 1. The van der Waals surface area contributed by atoms with Gasteiger partial charge in [0.05, 0.1) is 18.0 Å². The highest BCUT2D eigenvalue weighted by molar-refractivity contribution is 8.02. The molecule has 0 spiro atoms. The Kier molecular flexibility index (Phi) is 6.09. The molecule has 1 atom stereocenters. The predicted octanol–water partition coefficient (Wildman–Crippen LogP) is 3.60. The minimum absolute atomic E-state index is 0.133. The van der Waals surface area contributed by atoms with Gasteiger partial charge in [0.15, 0.2) is 4.34 Å². The van der Waals surface area contributed by atoms with E-state index in [-0.39, 0.29) is 11.2 Å². The largest absolute Gasteiger partial charge is 0.495 e. The summed E-state index contributed by atoms with van der Waals surface area (Å²) in [7, 11) is 1.53. The van der Waals surface area contributed by atoms with Crippen LogP contribution in [0.3, 0.4) is 0 Å². The lowest BCUT2D eigenvalue weighted by atomic mass is 10.2. The normalized spacial score (nSPS) is 12.0. The number of nitrogens with one attached hydrogen (secondary N) is 1. The Labute approximate surface area is 147 Å². The fourth-order valence-corrected chi connectivity index (χ4v) is 3.81. The molecule has 0 saturated carbocycles. The van der Waals surface area contributed by atoms with Gasteiger partial charge in [-0.1, -0.05) is 41.6 Å². The SMILES string of the molecule is CCC(Sc1nnc(N)s1)C(=O)Nc1cc(C)c(Cl)cc1OC. The summed E-state index contributed by atoms with van der Waals surface area (Å²) < 4.78 is 5.94. The molecular weight excluding hydrogens is 356 g/mol. The summed E-state index contributed by atoms with van der Waals surface area (Å²) >= 11 is 8.69. The fraction of sp³-hybridized carbons (Fsp3) is 0.357. The van der Waals surface area contributed by atoms with Crippen LogP contribution in [0.5, 0.6) is 5.75 Å². The van der Waals surface area contributed by atoms with E-state index >= 15 is 0 Å². The highest BCUT2D eigenvalue weighted by Crippen LogP contribution is 2.33. The molecule has 1 unspecified atom stereocenters. The van der Waals surface area contributed by atoms with Crippen LogP contribution < -0.4 is 15.8 Å². The fourth-order valence-electron chi connectivity index (χ4n) is 1.86. The maximum absolute atomic E-state index is 12.5. The number of nitrogen functional groups attached to an aromatic ring is 1. The molecule has 3 N–H and O–H groups in total. The first-order valence-corrected chi connectivity index (χ1v) is 8.92. The average molecular weight is 373 g/mol. The van der Waals surface area contributed by atoms with E-state index in [9.17, 15) is 4.79 Å². The zero-order valence-electron chi connectivity index (χ0n) is 12.9. The second kappa shape index (κ2) is 7.85. The number of amides is 1. The summed E-state index contributed by atoms with van der Waals surface area (Å²) in [6.07, 6.45) is 0.644. The van der Waals surface area contributed by atoms with Gasteiger partial charge >= 0.3 is 0 Å². The Morgan fingerprint density at radius 3 is 2.83 bits per heavy atom. The van der Waals surface area contributed by atoms with Crippen molar-refractivity contribution < 1.29 is 9.53 Å². The van der Waals surface area contributed by atoms with E-state index in [4.69, 9.17) is 22.1 Å². The predicted molar refractivity (Wildman–Crippen MR) is 95.6 cm³/mol. The Hall–Kier alpha value is -1.51. The summed E-state index contributed by atoms with van der Waals surface area (Å²) in [4.78, 5) is 12.5. The van der Waals surface area contributed by atoms with Gasteiger partial charge in [-0.2, -0.15) is 0 Å². The van der Waals surface area contributed by atoms with Crippen LogP contribution >= 0.6 is 34.7 Å². The van der Waals surface area contributed by atoms with E-state index in [1.54, 1.807) is 12.1 Å². The number of aromatic nitrogens is 2. The van der Waals surface area contributed by atoms with Gasteiger partial charge in [-0.15, -0.1) is 10.2 Å². The first-order valence-electron chi connectivity index (χ1n) is 6.85. The molecule has 1 amide bonds. The van der Waals surface area contributed by atoms with Crippen LogP contribution in [0.25, 0.3) is 0 Å². The zero-order valence-corrected chi connectivity index (χ0v) is 15.3. The van der Waals surface area contributed by atoms with E-state index in [2.05, 4.69) is 15.5 Å². The highest BCUT2D eigenvalue weighted by Gasteiger charge is 2.21. The lowest BCUT2D eigenvalue weighted by Crippen LogP contribution is -2.24. The smallest absolute Gasteiger partial charge is 0.238 e. The number of carbonyl (C=O) groups excluding carboxylic acids is 1. The number of nitrogens with two attached hydrogens (primary N) is 1.